The Morgan fingerprint density at radius 2 is 1.17 bits per heavy atom. The monoisotopic (exact) mass is 172 g/mol. The topological polar surface area (TPSA) is 57.5 Å². The van der Waals surface area contributed by atoms with Crippen LogP contribution in [0.15, 0.2) is 0 Å². The second-order valence-electron chi connectivity index (χ2n) is 2.88. The normalized spacial score (nSPS) is 8.17. The van der Waals surface area contributed by atoms with Crippen LogP contribution in [-0.2, 0) is 0 Å². The molecule has 0 aliphatic heterocycles. The van der Waals surface area contributed by atoms with Gasteiger partial charge in [0.25, 0.3) is 0 Å². The van der Waals surface area contributed by atoms with E-state index < -0.39 is 6.16 Å². The first-order valence-corrected chi connectivity index (χ1v) is 3.79. The molecule has 3 heteroatoms. The Hall–Kier alpha value is -1.17. The molecule has 0 spiro atoms. The summed E-state index contributed by atoms with van der Waals surface area (Å²) < 4.78 is 0. The van der Waals surface area contributed by atoms with E-state index in [1.165, 1.54) is 0 Å². The highest BCUT2D eigenvalue weighted by Crippen LogP contribution is 1.90. The molecule has 0 aromatic rings. The fourth-order valence-corrected chi connectivity index (χ4v) is 0.333. The second-order valence-corrected chi connectivity index (χ2v) is 2.88. The summed E-state index contributed by atoms with van der Waals surface area (Å²) in [5.74, 6) is 7.24. The molecule has 0 atom stereocenters. The smallest absolute Gasteiger partial charge is 0.450 e. The van der Waals surface area contributed by atoms with Crippen LogP contribution in [0, 0.1) is 23.7 Å². The molecule has 0 aromatic carbocycles. The summed E-state index contributed by atoms with van der Waals surface area (Å²) >= 11 is 0. The molecule has 0 amide bonds. The van der Waals surface area contributed by atoms with Crippen molar-refractivity contribution in [1.29, 1.82) is 0 Å². The summed E-state index contributed by atoms with van der Waals surface area (Å²) in [5.41, 5.74) is 0. The molecule has 0 radical (unpaired) electrons. The molecule has 70 valence electrons. The number of hydrogen-bond acceptors (Lipinski definition) is 1. The van der Waals surface area contributed by atoms with Crippen molar-refractivity contribution in [3.63, 3.8) is 0 Å². The van der Waals surface area contributed by atoms with E-state index in [1.54, 1.807) is 0 Å². The summed E-state index contributed by atoms with van der Waals surface area (Å²) in [5, 5.41) is 13.9. The van der Waals surface area contributed by atoms with Gasteiger partial charge in [0.1, 0.15) is 0 Å². The van der Waals surface area contributed by atoms with Crippen LogP contribution < -0.4 is 0 Å². The zero-order valence-corrected chi connectivity index (χ0v) is 7.96. The zero-order chi connectivity index (χ0) is 10.1. The van der Waals surface area contributed by atoms with E-state index in [0.717, 1.165) is 0 Å². The van der Waals surface area contributed by atoms with Crippen LogP contribution >= 0.6 is 0 Å². The van der Waals surface area contributed by atoms with Gasteiger partial charge in [-0.25, -0.2) is 4.79 Å². The third-order valence-electron chi connectivity index (χ3n) is 0.661. The van der Waals surface area contributed by atoms with Gasteiger partial charge in [-0.15, -0.1) is 11.8 Å². The maximum atomic E-state index is 8.56. The summed E-state index contributed by atoms with van der Waals surface area (Å²) in [4.78, 5) is 8.56. The standard InChI is InChI=1S/C8H14.CH2O3/c1-7(2)5-6-8(3)4;2-1(3)4/h7-8H,1-4H3;(H2,2,3,4). The molecule has 2 N–H and O–H groups in total. The van der Waals surface area contributed by atoms with E-state index in [1.807, 2.05) is 0 Å². The van der Waals surface area contributed by atoms with Crippen LogP contribution in [-0.4, -0.2) is 16.4 Å². The number of rotatable bonds is 0. The van der Waals surface area contributed by atoms with E-state index in [0.29, 0.717) is 11.8 Å². The molecule has 0 heterocycles. The highest BCUT2D eigenvalue weighted by molar-refractivity contribution is 5.53. The maximum Gasteiger partial charge on any atom is 0.503 e. The highest BCUT2D eigenvalue weighted by atomic mass is 16.6. The summed E-state index contributed by atoms with van der Waals surface area (Å²) in [6, 6.07) is 0. The van der Waals surface area contributed by atoms with Crippen LogP contribution in [0.1, 0.15) is 27.7 Å². The predicted molar refractivity (Wildman–Crippen MR) is 48.1 cm³/mol. The van der Waals surface area contributed by atoms with E-state index in [9.17, 15) is 0 Å². The Balaban J connectivity index is 0. The lowest BCUT2D eigenvalue weighted by molar-refractivity contribution is 0.137. The Morgan fingerprint density at radius 3 is 1.25 bits per heavy atom. The lowest BCUT2D eigenvalue weighted by Gasteiger charge is -1.89. The van der Waals surface area contributed by atoms with Crippen molar-refractivity contribution in [3.05, 3.63) is 0 Å². The van der Waals surface area contributed by atoms with Gasteiger partial charge in [0.15, 0.2) is 0 Å². The number of hydrogen-bond donors (Lipinski definition) is 2. The molecule has 0 aliphatic carbocycles. The van der Waals surface area contributed by atoms with Gasteiger partial charge < -0.3 is 10.2 Å². The minimum Gasteiger partial charge on any atom is -0.450 e. The van der Waals surface area contributed by atoms with E-state index in [2.05, 4.69) is 39.5 Å². The highest BCUT2D eigenvalue weighted by Gasteiger charge is 1.83. The van der Waals surface area contributed by atoms with Gasteiger partial charge in [0.05, 0.1) is 0 Å². The Morgan fingerprint density at radius 1 is 1.00 bits per heavy atom. The average Bonchev–Trinajstić information content (AvgIpc) is 1.82. The Kier molecular flexibility index (Phi) is 8.87. The van der Waals surface area contributed by atoms with Crippen LogP contribution in [0.2, 0.25) is 0 Å². The van der Waals surface area contributed by atoms with Crippen LogP contribution in [0.25, 0.3) is 0 Å². The molecular formula is C9H16O3. The summed E-state index contributed by atoms with van der Waals surface area (Å²) in [7, 11) is 0. The summed E-state index contributed by atoms with van der Waals surface area (Å²) in [6.07, 6.45) is -1.83. The first-order chi connectivity index (χ1) is 5.36. The summed E-state index contributed by atoms with van der Waals surface area (Å²) in [6.45, 7) is 8.43. The molecular weight excluding hydrogens is 156 g/mol. The molecule has 0 saturated heterocycles. The van der Waals surface area contributed by atoms with E-state index in [4.69, 9.17) is 15.0 Å². The Bertz CT molecular complexity index is 156. The van der Waals surface area contributed by atoms with E-state index >= 15 is 0 Å². The van der Waals surface area contributed by atoms with Crippen LogP contribution in [0.3, 0.4) is 0 Å². The fraction of sp³-hybridized carbons (Fsp3) is 0.667. The molecule has 12 heavy (non-hydrogen) atoms. The quantitative estimate of drug-likeness (QED) is 0.552. The molecule has 3 nitrogen and oxygen atoms in total. The van der Waals surface area contributed by atoms with Crippen molar-refractivity contribution < 1.29 is 15.0 Å². The molecule has 0 unspecified atom stereocenters. The van der Waals surface area contributed by atoms with Crippen molar-refractivity contribution >= 4 is 6.16 Å². The molecule has 0 fully saturated rings. The zero-order valence-electron chi connectivity index (χ0n) is 7.96. The second kappa shape index (κ2) is 7.93. The SMILES string of the molecule is CC(C)C#CC(C)C.O=C(O)O. The van der Waals surface area contributed by atoms with Crippen molar-refractivity contribution in [1.82, 2.24) is 0 Å². The van der Waals surface area contributed by atoms with Gasteiger partial charge in [-0.05, 0) is 0 Å². The van der Waals surface area contributed by atoms with Crippen molar-refractivity contribution in [2.75, 3.05) is 0 Å². The third-order valence-corrected chi connectivity index (χ3v) is 0.661. The van der Waals surface area contributed by atoms with Crippen LogP contribution in [0.4, 0.5) is 4.79 Å². The largest absolute Gasteiger partial charge is 0.503 e. The van der Waals surface area contributed by atoms with Gasteiger partial charge in [-0.1, -0.05) is 27.7 Å². The van der Waals surface area contributed by atoms with E-state index in [-0.39, 0.29) is 0 Å². The van der Waals surface area contributed by atoms with Gasteiger partial charge in [-0.3, -0.25) is 0 Å². The third kappa shape index (κ3) is 36.9. The van der Waals surface area contributed by atoms with Crippen LogP contribution in [0.5, 0.6) is 0 Å². The lowest BCUT2D eigenvalue weighted by atomic mass is 10.2. The van der Waals surface area contributed by atoms with Gasteiger partial charge >= 0.3 is 6.16 Å². The molecule has 0 aromatic heterocycles. The minimum atomic E-state index is -1.83. The van der Waals surface area contributed by atoms with Gasteiger partial charge in [0, 0.05) is 11.8 Å². The lowest BCUT2D eigenvalue weighted by Crippen LogP contribution is -1.82. The fourth-order valence-electron chi connectivity index (χ4n) is 0.333. The predicted octanol–water partition coefficient (Wildman–Crippen LogP) is 2.52. The number of carboxylic acid groups (broad SMARTS) is 2. The molecule has 0 aliphatic rings. The first-order valence-electron chi connectivity index (χ1n) is 3.79. The number of carbonyl (C=O) groups is 1. The maximum absolute atomic E-state index is 8.56. The molecule has 0 saturated carbocycles. The average molecular weight is 172 g/mol. The van der Waals surface area contributed by atoms with Gasteiger partial charge in [0.2, 0.25) is 0 Å². The van der Waals surface area contributed by atoms with Crippen molar-refractivity contribution in [2.45, 2.75) is 27.7 Å². The van der Waals surface area contributed by atoms with Crippen molar-refractivity contribution in [3.8, 4) is 11.8 Å². The van der Waals surface area contributed by atoms with Crippen molar-refractivity contribution in [2.24, 2.45) is 11.8 Å². The molecule has 0 rings (SSSR count). The van der Waals surface area contributed by atoms with Gasteiger partial charge in [-0.2, -0.15) is 0 Å². The Labute approximate surface area is 73.4 Å². The molecule has 0 bridgehead atoms. The first kappa shape index (κ1) is 13.4. The minimum absolute atomic E-state index is 0.525.